The summed E-state index contributed by atoms with van der Waals surface area (Å²) in [4.78, 5) is 22.3. The van der Waals surface area contributed by atoms with Gasteiger partial charge in [-0.3, -0.25) is 10.1 Å². The summed E-state index contributed by atoms with van der Waals surface area (Å²) in [7, 11) is 0. The molecule has 1 heterocycles. The van der Waals surface area contributed by atoms with Crippen LogP contribution < -0.4 is 0 Å². The highest BCUT2D eigenvalue weighted by molar-refractivity contribution is 8.03. The third kappa shape index (κ3) is 2.62. The van der Waals surface area contributed by atoms with Crippen LogP contribution in [0.4, 0.5) is 0 Å². The molecule has 15 heavy (non-hydrogen) atoms. The van der Waals surface area contributed by atoms with E-state index in [0.717, 1.165) is 12.2 Å². The van der Waals surface area contributed by atoms with Gasteiger partial charge in [-0.15, -0.1) is 11.8 Å². The average Bonchev–Trinajstić information content (AvgIpc) is 2.17. The number of hydrogen-bond acceptors (Lipinski definition) is 5. The van der Waals surface area contributed by atoms with E-state index < -0.39 is 16.6 Å². The zero-order chi connectivity index (χ0) is 11.4. The molecule has 1 N–H and O–H groups in total. The maximum absolute atomic E-state index is 10.8. The van der Waals surface area contributed by atoms with E-state index in [1.165, 1.54) is 11.8 Å². The minimum absolute atomic E-state index is 0.279. The number of carboxylic acids is 1. The van der Waals surface area contributed by atoms with Crippen molar-refractivity contribution >= 4 is 17.7 Å². The molecule has 0 saturated carbocycles. The molecule has 6 nitrogen and oxygen atoms in total. The lowest BCUT2D eigenvalue weighted by atomic mass is 10.4. The van der Waals surface area contributed by atoms with Gasteiger partial charge >= 0.3 is 11.7 Å². The van der Waals surface area contributed by atoms with Gasteiger partial charge in [0.05, 0.1) is 4.92 Å². The lowest BCUT2D eigenvalue weighted by molar-refractivity contribution is -0.422. The number of hydrogen-bond donors (Lipinski definition) is 1. The molecule has 1 rings (SSSR count). The summed E-state index contributed by atoms with van der Waals surface area (Å²) in [5.41, 5.74) is -0.707. The summed E-state index contributed by atoms with van der Waals surface area (Å²) in [6.45, 7) is 3.13. The maximum atomic E-state index is 10.8. The number of thioether (sulfide) groups is 1. The summed E-state index contributed by atoms with van der Waals surface area (Å²) in [6.07, 6.45) is 0.923. The Kier molecular flexibility index (Phi) is 3.96. The molecule has 1 aliphatic heterocycles. The molecule has 7 heteroatoms. The Labute approximate surface area is 91.1 Å². The summed E-state index contributed by atoms with van der Waals surface area (Å²) in [5, 5.41) is 19.7. The van der Waals surface area contributed by atoms with E-state index >= 15 is 0 Å². The molecule has 0 aliphatic carbocycles. The SMILES string of the molecule is CCN1CCCSC1=C(C(=O)O)[N+](=O)[O-]. The minimum Gasteiger partial charge on any atom is -0.473 e. The number of aliphatic carboxylic acids is 1. The topological polar surface area (TPSA) is 83.7 Å². The van der Waals surface area contributed by atoms with Gasteiger partial charge in [0.1, 0.15) is 0 Å². The Hall–Kier alpha value is -1.24. The fourth-order valence-electron chi connectivity index (χ4n) is 1.38. The molecule has 1 aliphatic rings. The Morgan fingerprint density at radius 3 is 2.87 bits per heavy atom. The lowest BCUT2D eigenvalue weighted by Crippen LogP contribution is -2.30. The third-order valence-corrected chi connectivity index (χ3v) is 3.29. The predicted molar refractivity (Wildman–Crippen MR) is 56.0 cm³/mol. The number of nitro groups is 1. The van der Waals surface area contributed by atoms with Crippen LogP contribution in [-0.2, 0) is 4.79 Å². The van der Waals surface area contributed by atoms with Crippen LogP contribution >= 0.6 is 11.8 Å². The van der Waals surface area contributed by atoms with E-state index in [9.17, 15) is 14.9 Å². The molecule has 0 unspecified atom stereocenters. The van der Waals surface area contributed by atoms with Crippen molar-refractivity contribution in [2.24, 2.45) is 0 Å². The number of rotatable bonds is 3. The van der Waals surface area contributed by atoms with Crippen molar-refractivity contribution < 1.29 is 14.8 Å². The summed E-state index contributed by atoms with van der Waals surface area (Å²) >= 11 is 1.24. The highest BCUT2D eigenvalue weighted by atomic mass is 32.2. The molecule has 0 aromatic heterocycles. The van der Waals surface area contributed by atoms with Crippen molar-refractivity contribution in [3.63, 3.8) is 0 Å². The third-order valence-electron chi connectivity index (χ3n) is 2.07. The van der Waals surface area contributed by atoms with Crippen molar-refractivity contribution in [1.82, 2.24) is 4.90 Å². The molecule has 0 spiro atoms. The second kappa shape index (κ2) is 5.01. The fraction of sp³-hybridized carbons (Fsp3) is 0.625. The molecule has 0 amide bonds. The van der Waals surface area contributed by atoms with Crippen LogP contribution in [0.1, 0.15) is 13.3 Å². The molecular formula is C8H12N2O4S. The Bertz CT molecular complexity index is 300. The van der Waals surface area contributed by atoms with Gasteiger partial charge in [-0.05, 0) is 13.3 Å². The molecular weight excluding hydrogens is 220 g/mol. The van der Waals surface area contributed by atoms with Gasteiger partial charge in [-0.2, -0.15) is 0 Å². The van der Waals surface area contributed by atoms with E-state index in [2.05, 4.69) is 0 Å². The van der Waals surface area contributed by atoms with Crippen molar-refractivity contribution in [3.05, 3.63) is 20.8 Å². The van der Waals surface area contributed by atoms with Crippen molar-refractivity contribution in [2.75, 3.05) is 18.8 Å². The second-order valence-electron chi connectivity index (χ2n) is 3.00. The van der Waals surface area contributed by atoms with E-state index in [0.29, 0.717) is 13.1 Å². The molecule has 0 atom stereocenters. The van der Waals surface area contributed by atoms with Crippen molar-refractivity contribution in [1.29, 1.82) is 0 Å². The average molecular weight is 232 g/mol. The minimum atomic E-state index is -1.47. The van der Waals surface area contributed by atoms with Crippen LogP contribution in [0.15, 0.2) is 10.7 Å². The first-order chi connectivity index (χ1) is 7.07. The van der Waals surface area contributed by atoms with Crippen LogP contribution in [0.3, 0.4) is 0 Å². The van der Waals surface area contributed by atoms with Gasteiger partial charge in [0.25, 0.3) is 0 Å². The van der Waals surface area contributed by atoms with E-state index in [1.54, 1.807) is 4.90 Å². The number of carboxylic acid groups (broad SMARTS) is 1. The van der Waals surface area contributed by atoms with E-state index in [1.807, 2.05) is 6.92 Å². The number of nitrogens with zero attached hydrogens (tertiary/aromatic N) is 2. The van der Waals surface area contributed by atoms with Crippen LogP contribution in [0.5, 0.6) is 0 Å². The normalized spacial score (nSPS) is 19.9. The van der Waals surface area contributed by atoms with Crippen LogP contribution in [-0.4, -0.2) is 39.7 Å². The Balaban J connectivity index is 3.09. The predicted octanol–water partition coefficient (Wildman–Crippen LogP) is 0.976. The standard InChI is InChI=1S/C8H12N2O4S/c1-2-9-4-3-5-15-7(9)6(8(11)12)10(13)14/h2-5H2,1H3,(H,11,12). The van der Waals surface area contributed by atoms with Gasteiger partial charge in [0.15, 0.2) is 5.03 Å². The quantitative estimate of drug-likeness (QED) is 0.443. The molecule has 1 fully saturated rings. The first-order valence-corrected chi connectivity index (χ1v) is 5.56. The summed E-state index contributed by atoms with van der Waals surface area (Å²) in [6, 6.07) is 0. The zero-order valence-corrected chi connectivity index (χ0v) is 9.12. The first-order valence-electron chi connectivity index (χ1n) is 4.57. The van der Waals surface area contributed by atoms with Gasteiger partial charge < -0.3 is 10.0 Å². The smallest absolute Gasteiger partial charge is 0.410 e. The van der Waals surface area contributed by atoms with Crippen molar-refractivity contribution in [3.8, 4) is 0 Å². The first kappa shape index (κ1) is 11.8. The fourth-order valence-corrected chi connectivity index (χ4v) is 2.55. The number of carbonyl (C=O) groups is 1. The maximum Gasteiger partial charge on any atom is 0.410 e. The van der Waals surface area contributed by atoms with Gasteiger partial charge in [0.2, 0.25) is 0 Å². The van der Waals surface area contributed by atoms with Crippen molar-refractivity contribution in [2.45, 2.75) is 13.3 Å². The molecule has 1 saturated heterocycles. The Morgan fingerprint density at radius 2 is 2.40 bits per heavy atom. The summed E-state index contributed by atoms with van der Waals surface area (Å²) in [5.74, 6) is -0.737. The van der Waals surface area contributed by atoms with Gasteiger partial charge in [-0.25, -0.2) is 4.79 Å². The monoisotopic (exact) mass is 232 g/mol. The molecule has 0 aromatic rings. The Morgan fingerprint density at radius 1 is 1.73 bits per heavy atom. The van der Waals surface area contributed by atoms with Crippen LogP contribution in [0.25, 0.3) is 0 Å². The molecule has 84 valence electrons. The second-order valence-corrected chi connectivity index (χ2v) is 4.08. The van der Waals surface area contributed by atoms with Crippen LogP contribution in [0, 0.1) is 10.1 Å². The molecule has 0 bridgehead atoms. The molecule has 0 radical (unpaired) electrons. The lowest BCUT2D eigenvalue weighted by Gasteiger charge is -2.28. The van der Waals surface area contributed by atoms with Gasteiger partial charge in [0, 0.05) is 18.8 Å². The molecule has 0 aromatic carbocycles. The largest absolute Gasteiger partial charge is 0.473 e. The summed E-state index contributed by atoms with van der Waals surface area (Å²) < 4.78 is 0. The highest BCUT2D eigenvalue weighted by Crippen LogP contribution is 2.29. The van der Waals surface area contributed by atoms with E-state index in [-0.39, 0.29) is 5.03 Å². The van der Waals surface area contributed by atoms with Crippen LogP contribution in [0.2, 0.25) is 0 Å². The highest BCUT2D eigenvalue weighted by Gasteiger charge is 2.32. The van der Waals surface area contributed by atoms with Gasteiger partial charge in [-0.1, -0.05) is 0 Å². The zero-order valence-electron chi connectivity index (χ0n) is 8.30. The van der Waals surface area contributed by atoms with E-state index in [4.69, 9.17) is 5.11 Å².